The Balaban J connectivity index is 1.84. The zero-order valence-corrected chi connectivity index (χ0v) is 13.5. The largest absolute Gasteiger partial charge is 0.364 e. The molecule has 0 aromatic carbocycles. The molecule has 6 nitrogen and oxygen atoms in total. The molecule has 0 amide bonds. The first-order chi connectivity index (χ1) is 10.5. The number of hydrogen-bond acceptors (Lipinski definition) is 4. The standard InChI is InChI=1S/C16H22N6/c1-11(2)9-21-10-17-7-14(21)8-18-15-5-12(3)19-16-6-13(4)20-22(15)16/h5-7,10-11,18H,8-9H2,1-4H3. The van der Waals surface area contributed by atoms with Crippen LogP contribution in [0.3, 0.4) is 0 Å². The fourth-order valence-corrected chi connectivity index (χ4v) is 2.57. The Hall–Kier alpha value is -2.37. The summed E-state index contributed by atoms with van der Waals surface area (Å²) in [7, 11) is 0. The van der Waals surface area contributed by atoms with Crippen molar-refractivity contribution in [2.24, 2.45) is 5.92 Å². The summed E-state index contributed by atoms with van der Waals surface area (Å²) in [6, 6.07) is 4.00. The van der Waals surface area contributed by atoms with Crippen molar-refractivity contribution in [1.29, 1.82) is 0 Å². The quantitative estimate of drug-likeness (QED) is 0.787. The van der Waals surface area contributed by atoms with Gasteiger partial charge in [-0.3, -0.25) is 0 Å². The Morgan fingerprint density at radius 2 is 2.00 bits per heavy atom. The molecule has 1 N–H and O–H groups in total. The van der Waals surface area contributed by atoms with E-state index in [1.54, 1.807) is 0 Å². The zero-order chi connectivity index (χ0) is 15.7. The molecule has 0 spiro atoms. The Bertz CT molecular complexity index is 783. The number of anilines is 1. The molecule has 0 saturated heterocycles. The van der Waals surface area contributed by atoms with Crippen LogP contribution in [-0.4, -0.2) is 24.1 Å². The molecule has 0 aliphatic rings. The van der Waals surface area contributed by atoms with Crippen LogP contribution >= 0.6 is 0 Å². The van der Waals surface area contributed by atoms with Gasteiger partial charge in [-0.05, 0) is 19.8 Å². The highest BCUT2D eigenvalue weighted by Gasteiger charge is 2.08. The van der Waals surface area contributed by atoms with Crippen molar-refractivity contribution in [2.45, 2.75) is 40.8 Å². The maximum Gasteiger partial charge on any atom is 0.157 e. The van der Waals surface area contributed by atoms with Crippen molar-refractivity contribution >= 4 is 11.5 Å². The summed E-state index contributed by atoms with van der Waals surface area (Å²) in [5.41, 5.74) is 3.98. The van der Waals surface area contributed by atoms with Crippen LogP contribution in [0, 0.1) is 19.8 Å². The third kappa shape index (κ3) is 2.95. The van der Waals surface area contributed by atoms with Gasteiger partial charge in [0.25, 0.3) is 0 Å². The number of rotatable bonds is 5. The van der Waals surface area contributed by atoms with Gasteiger partial charge in [0.05, 0.1) is 24.3 Å². The van der Waals surface area contributed by atoms with E-state index in [-0.39, 0.29) is 0 Å². The Morgan fingerprint density at radius 1 is 1.18 bits per heavy atom. The maximum atomic E-state index is 4.50. The Kier molecular flexibility index (Phi) is 3.83. The minimum Gasteiger partial charge on any atom is -0.364 e. The van der Waals surface area contributed by atoms with Gasteiger partial charge in [-0.15, -0.1) is 0 Å². The highest BCUT2D eigenvalue weighted by Crippen LogP contribution is 2.15. The van der Waals surface area contributed by atoms with E-state index in [9.17, 15) is 0 Å². The maximum absolute atomic E-state index is 4.50. The van der Waals surface area contributed by atoms with Crippen molar-refractivity contribution in [3.63, 3.8) is 0 Å². The first kappa shape index (κ1) is 14.6. The average molecular weight is 298 g/mol. The molecule has 3 heterocycles. The summed E-state index contributed by atoms with van der Waals surface area (Å²) >= 11 is 0. The SMILES string of the molecule is Cc1cc(NCc2cncn2CC(C)C)n2nc(C)cc2n1. The minimum atomic E-state index is 0.594. The van der Waals surface area contributed by atoms with Gasteiger partial charge >= 0.3 is 0 Å². The number of nitrogens with zero attached hydrogens (tertiary/aromatic N) is 5. The number of imidazole rings is 1. The molecule has 6 heteroatoms. The second-order valence-electron chi connectivity index (χ2n) is 6.12. The highest BCUT2D eigenvalue weighted by molar-refractivity contribution is 5.50. The van der Waals surface area contributed by atoms with Crippen LogP contribution in [0.4, 0.5) is 5.82 Å². The predicted octanol–water partition coefficient (Wildman–Crippen LogP) is 2.81. The molecule has 0 saturated carbocycles. The van der Waals surface area contributed by atoms with E-state index in [1.165, 1.54) is 5.69 Å². The lowest BCUT2D eigenvalue weighted by molar-refractivity contribution is 0.511. The van der Waals surface area contributed by atoms with Gasteiger partial charge in [0.2, 0.25) is 0 Å². The van der Waals surface area contributed by atoms with Crippen molar-refractivity contribution in [3.8, 4) is 0 Å². The van der Waals surface area contributed by atoms with Crippen molar-refractivity contribution < 1.29 is 0 Å². The molecular weight excluding hydrogens is 276 g/mol. The highest BCUT2D eigenvalue weighted by atomic mass is 15.3. The summed E-state index contributed by atoms with van der Waals surface area (Å²) in [5, 5.41) is 7.95. The van der Waals surface area contributed by atoms with Crippen molar-refractivity contribution in [3.05, 3.63) is 41.7 Å². The average Bonchev–Trinajstić information content (AvgIpc) is 3.01. The number of aryl methyl sites for hydroxylation is 2. The molecule has 0 unspecified atom stereocenters. The monoisotopic (exact) mass is 298 g/mol. The fourth-order valence-electron chi connectivity index (χ4n) is 2.57. The molecule has 0 bridgehead atoms. The fraction of sp³-hybridized carbons (Fsp3) is 0.438. The Labute approximate surface area is 130 Å². The van der Waals surface area contributed by atoms with Crippen molar-refractivity contribution in [1.82, 2.24) is 24.1 Å². The van der Waals surface area contributed by atoms with Crippen LogP contribution in [0.15, 0.2) is 24.7 Å². The first-order valence-corrected chi connectivity index (χ1v) is 7.60. The number of fused-ring (bicyclic) bond motifs is 1. The molecule has 0 aliphatic carbocycles. The summed E-state index contributed by atoms with van der Waals surface area (Å²) in [6.45, 7) is 10.1. The predicted molar refractivity (Wildman–Crippen MR) is 86.9 cm³/mol. The molecule has 116 valence electrons. The molecule has 22 heavy (non-hydrogen) atoms. The number of nitrogens with one attached hydrogen (secondary N) is 1. The smallest absolute Gasteiger partial charge is 0.157 e. The van der Waals surface area contributed by atoms with Crippen LogP contribution in [0.2, 0.25) is 0 Å². The number of aromatic nitrogens is 5. The van der Waals surface area contributed by atoms with Crippen LogP contribution in [-0.2, 0) is 13.1 Å². The molecular formula is C16H22N6. The van der Waals surface area contributed by atoms with Gasteiger partial charge in [0.1, 0.15) is 5.82 Å². The second kappa shape index (κ2) is 5.79. The summed E-state index contributed by atoms with van der Waals surface area (Å²) in [5.74, 6) is 1.55. The van der Waals surface area contributed by atoms with Crippen LogP contribution in [0.25, 0.3) is 5.65 Å². The van der Waals surface area contributed by atoms with Crippen molar-refractivity contribution in [2.75, 3.05) is 5.32 Å². The van der Waals surface area contributed by atoms with E-state index in [0.717, 1.165) is 29.4 Å². The van der Waals surface area contributed by atoms with E-state index >= 15 is 0 Å². The van der Waals surface area contributed by atoms with E-state index in [1.807, 2.05) is 43.0 Å². The van der Waals surface area contributed by atoms with Gasteiger partial charge in [0.15, 0.2) is 5.65 Å². The molecule has 3 aromatic rings. The normalized spacial score (nSPS) is 11.5. The molecule has 3 aromatic heterocycles. The second-order valence-corrected chi connectivity index (χ2v) is 6.12. The summed E-state index contributed by atoms with van der Waals surface area (Å²) < 4.78 is 4.04. The van der Waals surface area contributed by atoms with Crippen LogP contribution < -0.4 is 5.32 Å². The molecule has 3 rings (SSSR count). The van der Waals surface area contributed by atoms with Gasteiger partial charge in [-0.25, -0.2) is 9.97 Å². The molecule has 0 atom stereocenters. The summed E-state index contributed by atoms with van der Waals surface area (Å²) in [6.07, 6.45) is 3.80. The summed E-state index contributed by atoms with van der Waals surface area (Å²) in [4.78, 5) is 8.76. The van der Waals surface area contributed by atoms with E-state index in [2.05, 4.69) is 38.8 Å². The molecule has 0 fully saturated rings. The van der Waals surface area contributed by atoms with Gasteiger partial charge < -0.3 is 9.88 Å². The van der Waals surface area contributed by atoms with E-state index < -0.39 is 0 Å². The lowest BCUT2D eigenvalue weighted by atomic mass is 10.2. The Morgan fingerprint density at radius 3 is 2.77 bits per heavy atom. The third-order valence-electron chi connectivity index (χ3n) is 3.49. The van der Waals surface area contributed by atoms with E-state index in [0.29, 0.717) is 12.5 Å². The van der Waals surface area contributed by atoms with E-state index in [4.69, 9.17) is 0 Å². The topological polar surface area (TPSA) is 60.0 Å². The molecule has 0 radical (unpaired) electrons. The number of hydrogen-bond donors (Lipinski definition) is 1. The minimum absolute atomic E-state index is 0.594. The molecule has 0 aliphatic heterocycles. The lowest BCUT2D eigenvalue weighted by Gasteiger charge is -2.13. The lowest BCUT2D eigenvalue weighted by Crippen LogP contribution is -2.12. The van der Waals surface area contributed by atoms with Gasteiger partial charge in [0, 0.05) is 30.6 Å². The third-order valence-corrected chi connectivity index (χ3v) is 3.49. The van der Waals surface area contributed by atoms with Crippen LogP contribution in [0.1, 0.15) is 30.9 Å². The first-order valence-electron chi connectivity index (χ1n) is 7.60. The van der Waals surface area contributed by atoms with Gasteiger partial charge in [-0.1, -0.05) is 13.8 Å². The zero-order valence-electron chi connectivity index (χ0n) is 13.5. The van der Waals surface area contributed by atoms with Crippen LogP contribution in [0.5, 0.6) is 0 Å². The van der Waals surface area contributed by atoms with Gasteiger partial charge in [-0.2, -0.15) is 9.61 Å².